The Bertz CT molecular complexity index is 882. The number of fused-ring (bicyclic) bond motifs is 1. The summed E-state index contributed by atoms with van der Waals surface area (Å²) < 4.78 is 11.5. The number of nitrogens with one attached hydrogen (secondary N) is 1. The van der Waals surface area contributed by atoms with E-state index in [2.05, 4.69) is 12.1 Å². The Balaban J connectivity index is 0.00000243. The average Bonchev–Trinajstić information content (AvgIpc) is 2.65. The van der Waals surface area contributed by atoms with E-state index in [-0.39, 0.29) is 18.2 Å². The summed E-state index contributed by atoms with van der Waals surface area (Å²) in [6.07, 6.45) is 1.88. The van der Waals surface area contributed by atoms with Gasteiger partial charge in [0.15, 0.2) is 11.5 Å². The molecule has 0 aromatic heterocycles. The molecular formula is C21H23ClN2O2. The van der Waals surface area contributed by atoms with E-state index in [1.54, 1.807) is 7.11 Å². The molecule has 0 heterocycles. The second-order valence-electron chi connectivity index (χ2n) is 5.88. The topological polar surface area (TPSA) is 68.3 Å². The highest BCUT2D eigenvalue weighted by molar-refractivity contribution is 6.01. The Labute approximate surface area is 159 Å². The van der Waals surface area contributed by atoms with Gasteiger partial charge in [0.05, 0.1) is 13.7 Å². The summed E-state index contributed by atoms with van der Waals surface area (Å²) in [5.41, 5.74) is 7.60. The molecule has 0 aliphatic rings. The molecule has 4 nitrogen and oxygen atoms in total. The molecule has 3 rings (SSSR count). The van der Waals surface area contributed by atoms with Crippen LogP contribution >= 0.6 is 12.4 Å². The molecule has 0 fully saturated rings. The molecule has 0 saturated carbocycles. The number of benzene rings is 3. The molecule has 0 spiro atoms. The maximum absolute atomic E-state index is 7.65. The highest BCUT2D eigenvalue weighted by Crippen LogP contribution is 2.36. The first kappa shape index (κ1) is 19.6. The summed E-state index contributed by atoms with van der Waals surface area (Å²) in [6, 6.07) is 19.9. The quantitative estimate of drug-likeness (QED) is 0.364. The van der Waals surface area contributed by atoms with Gasteiger partial charge in [-0.3, -0.25) is 5.41 Å². The van der Waals surface area contributed by atoms with Crippen molar-refractivity contribution in [1.29, 1.82) is 5.41 Å². The van der Waals surface area contributed by atoms with Crippen LogP contribution in [-0.4, -0.2) is 19.6 Å². The molecule has 0 unspecified atom stereocenters. The lowest BCUT2D eigenvalue weighted by Gasteiger charge is -2.14. The summed E-state index contributed by atoms with van der Waals surface area (Å²) in [6.45, 7) is 0.592. The number of amidine groups is 1. The van der Waals surface area contributed by atoms with Crippen LogP contribution < -0.4 is 15.2 Å². The van der Waals surface area contributed by atoms with E-state index in [1.807, 2.05) is 48.5 Å². The highest BCUT2D eigenvalue weighted by atomic mass is 35.5. The first-order valence-electron chi connectivity index (χ1n) is 8.31. The van der Waals surface area contributed by atoms with Gasteiger partial charge >= 0.3 is 0 Å². The maximum Gasteiger partial charge on any atom is 0.168 e. The second kappa shape index (κ2) is 9.11. The minimum Gasteiger partial charge on any atom is -0.493 e. The van der Waals surface area contributed by atoms with Gasteiger partial charge in [-0.1, -0.05) is 48.5 Å². The third-order valence-electron chi connectivity index (χ3n) is 4.17. The van der Waals surface area contributed by atoms with E-state index in [1.165, 1.54) is 5.56 Å². The number of hydrogen-bond acceptors (Lipinski definition) is 3. The van der Waals surface area contributed by atoms with Gasteiger partial charge in [-0.2, -0.15) is 0 Å². The lowest BCUT2D eigenvalue weighted by Crippen LogP contribution is -2.10. The summed E-state index contributed by atoms with van der Waals surface area (Å²) in [4.78, 5) is 0. The fraction of sp³-hybridized carbons (Fsp3) is 0.190. The van der Waals surface area contributed by atoms with Crippen LogP contribution in [0.15, 0.2) is 60.7 Å². The Morgan fingerprint density at radius 2 is 1.77 bits per heavy atom. The number of nitrogens with two attached hydrogens (primary N) is 1. The highest BCUT2D eigenvalue weighted by Gasteiger charge is 2.11. The van der Waals surface area contributed by atoms with Crippen molar-refractivity contribution in [3.63, 3.8) is 0 Å². The molecule has 5 heteroatoms. The molecule has 0 amide bonds. The zero-order valence-electron chi connectivity index (χ0n) is 14.7. The van der Waals surface area contributed by atoms with Crippen LogP contribution in [0.1, 0.15) is 17.5 Å². The predicted molar refractivity (Wildman–Crippen MR) is 109 cm³/mol. The zero-order valence-corrected chi connectivity index (χ0v) is 15.5. The Morgan fingerprint density at radius 3 is 2.46 bits per heavy atom. The van der Waals surface area contributed by atoms with Crippen molar-refractivity contribution in [1.82, 2.24) is 0 Å². The van der Waals surface area contributed by atoms with Crippen LogP contribution in [0.4, 0.5) is 0 Å². The first-order chi connectivity index (χ1) is 12.2. The Morgan fingerprint density at radius 1 is 1.04 bits per heavy atom. The largest absolute Gasteiger partial charge is 0.493 e. The lowest BCUT2D eigenvalue weighted by atomic mass is 10.0. The number of halogens is 1. The van der Waals surface area contributed by atoms with Crippen molar-refractivity contribution in [2.45, 2.75) is 12.8 Å². The van der Waals surface area contributed by atoms with Crippen molar-refractivity contribution in [2.75, 3.05) is 13.7 Å². The molecule has 0 atom stereocenters. The van der Waals surface area contributed by atoms with Crippen molar-refractivity contribution in [3.8, 4) is 11.5 Å². The average molecular weight is 371 g/mol. The summed E-state index contributed by atoms with van der Waals surface area (Å²) >= 11 is 0. The number of methoxy groups -OCH3 is 1. The van der Waals surface area contributed by atoms with E-state index in [9.17, 15) is 0 Å². The van der Waals surface area contributed by atoms with Crippen LogP contribution in [0.5, 0.6) is 11.5 Å². The SMILES string of the molecule is COc1ccc2ccc(C(=N)N)cc2c1OCCCc1ccccc1.Cl. The third kappa shape index (κ3) is 4.46. The standard InChI is InChI=1S/C21H22N2O2.ClH/c1-24-19-12-11-16-9-10-17(21(22)23)14-18(16)20(19)25-13-5-8-15-6-3-2-4-7-15;/h2-4,6-7,9-12,14H,5,8,13H2,1H3,(H3,22,23);1H. The van der Waals surface area contributed by atoms with Crippen molar-refractivity contribution >= 4 is 29.0 Å². The molecule has 3 aromatic carbocycles. The van der Waals surface area contributed by atoms with Crippen LogP contribution in [-0.2, 0) is 6.42 Å². The summed E-state index contributed by atoms with van der Waals surface area (Å²) in [5, 5.41) is 9.59. The lowest BCUT2D eigenvalue weighted by molar-refractivity contribution is 0.293. The minimum atomic E-state index is 0. The van der Waals surface area contributed by atoms with Crippen molar-refractivity contribution in [3.05, 3.63) is 71.8 Å². The molecule has 136 valence electrons. The molecule has 26 heavy (non-hydrogen) atoms. The van der Waals surface area contributed by atoms with Gasteiger partial charge in [0.1, 0.15) is 5.84 Å². The molecule has 0 bridgehead atoms. The second-order valence-corrected chi connectivity index (χ2v) is 5.88. The number of aryl methyl sites for hydroxylation is 1. The minimum absolute atomic E-state index is 0. The number of rotatable bonds is 7. The predicted octanol–water partition coefficient (Wildman–Crippen LogP) is 4.57. The monoisotopic (exact) mass is 370 g/mol. The van der Waals surface area contributed by atoms with Gasteiger partial charge in [0, 0.05) is 10.9 Å². The van der Waals surface area contributed by atoms with Gasteiger partial charge in [-0.15, -0.1) is 12.4 Å². The van der Waals surface area contributed by atoms with E-state index < -0.39 is 0 Å². The van der Waals surface area contributed by atoms with Crippen LogP contribution in [0.25, 0.3) is 10.8 Å². The number of ether oxygens (including phenoxy) is 2. The van der Waals surface area contributed by atoms with Gasteiger partial charge in [-0.05, 0) is 35.9 Å². The maximum atomic E-state index is 7.65. The zero-order chi connectivity index (χ0) is 17.6. The Kier molecular flexibility index (Phi) is 6.87. The molecule has 3 N–H and O–H groups in total. The molecule has 0 saturated heterocycles. The Hall–Kier alpha value is -2.72. The molecule has 0 radical (unpaired) electrons. The van der Waals surface area contributed by atoms with Gasteiger partial charge in [0.25, 0.3) is 0 Å². The van der Waals surface area contributed by atoms with Gasteiger partial charge in [0.2, 0.25) is 0 Å². The van der Waals surface area contributed by atoms with Crippen molar-refractivity contribution in [2.24, 2.45) is 5.73 Å². The molecule has 0 aliphatic carbocycles. The third-order valence-corrected chi connectivity index (χ3v) is 4.17. The van der Waals surface area contributed by atoms with E-state index in [4.69, 9.17) is 20.6 Å². The normalized spacial score (nSPS) is 10.2. The first-order valence-corrected chi connectivity index (χ1v) is 8.31. The van der Waals surface area contributed by atoms with Crippen LogP contribution in [0.3, 0.4) is 0 Å². The van der Waals surface area contributed by atoms with Gasteiger partial charge in [-0.25, -0.2) is 0 Å². The fourth-order valence-electron chi connectivity index (χ4n) is 2.84. The van der Waals surface area contributed by atoms with Crippen molar-refractivity contribution < 1.29 is 9.47 Å². The van der Waals surface area contributed by atoms with E-state index >= 15 is 0 Å². The van der Waals surface area contributed by atoms with Gasteiger partial charge < -0.3 is 15.2 Å². The van der Waals surface area contributed by atoms with Crippen LogP contribution in [0.2, 0.25) is 0 Å². The molecule has 0 aliphatic heterocycles. The molecule has 3 aromatic rings. The summed E-state index contributed by atoms with van der Waals surface area (Å²) in [7, 11) is 1.63. The number of nitrogen functional groups attached to an aromatic ring is 1. The fourth-order valence-corrected chi connectivity index (χ4v) is 2.84. The molecular weight excluding hydrogens is 348 g/mol. The van der Waals surface area contributed by atoms with Crippen LogP contribution in [0, 0.1) is 5.41 Å². The number of hydrogen-bond donors (Lipinski definition) is 2. The van der Waals surface area contributed by atoms with E-state index in [0.29, 0.717) is 23.7 Å². The smallest absolute Gasteiger partial charge is 0.168 e. The summed E-state index contributed by atoms with van der Waals surface area (Å²) in [5.74, 6) is 1.43. The van der Waals surface area contributed by atoms with E-state index in [0.717, 1.165) is 23.6 Å².